The van der Waals surface area contributed by atoms with Crippen molar-refractivity contribution in [3.05, 3.63) is 53.6 Å². The number of carbonyl (C=O) groups is 1. The highest BCUT2D eigenvalue weighted by atomic mass is 35.5. The number of amides is 1. The number of alkyl halides is 1. The molecule has 0 saturated heterocycles. The van der Waals surface area contributed by atoms with E-state index < -0.39 is 5.38 Å². The van der Waals surface area contributed by atoms with Gasteiger partial charge in [0.05, 0.1) is 23.0 Å². The number of aromatic nitrogens is 6. The Labute approximate surface area is 172 Å². The molecule has 0 spiro atoms. The topological polar surface area (TPSA) is 90.5 Å². The van der Waals surface area contributed by atoms with E-state index in [1.807, 2.05) is 26.0 Å². The van der Waals surface area contributed by atoms with Crippen molar-refractivity contribution in [3.63, 3.8) is 0 Å². The van der Waals surface area contributed by atoms with E-state index in [4.69, 9.17) is 11.6 Å². The molecule has 0 fully saturated rings. The fourth-order valence-electron chi connectivity index (χ4n) is 3.20. The lowest BCUT2D eigenvalue weighted by Crippen LogP contribution is -2.22. The zero-order valence-corrected chi connectivity index (χ0v) is 17.3. The second-order valence-corrected chi connectivity index (χ2v) is 7.62. The average molecular weight is 410 g/mol. The predicted molar refractivity (Wildman–Crippen MR) is 112 cm³/mol. The van der Waals surface area contributed by atoms with Crippen LogP contribution in [-0.2, 0) is 4.79 Å². The Kier molecular flexibility index (Phi) is 4.79. The van der Waals surface area contributed by atoms with Crippen LogP contribution in [-0.4, -0.2) is 40.8 Å². The summed E-state index contributed by atoms with van der Waals surface area (Å²) in [5.41, 5.74) is 4.60. The molecule has 3 aromatic heterocycles. The van der Waals surface area contributed by atoms with Gasteiger partial charge < -0.3 is 5.32 Å². The summed E-state index contributed by atoms with van der Waals surface area (Å²) in [5.74, 6) is 0.694. The largest absolute Gasteiger partial charge is 0.309 e. The number of nitrogens with one attached hydrogen (secondary N) is 1. The van der Waals surface area contributed by atoms with Gasteiger partial charge in [-0.2, -0.15) is 14.9 Å². The molecule has 0 aliphatic rings. The van der Waals surface area contributed by atoms with E-state index in [1.54, 1.807) is 28.6 Å². The minimum Gasteiger partial charge on any atom is -0.309 e. The fourth-order valence-corrected chi connectivity index (χ4v) is 3.25. The van der Waals surface area contributed by atoms with E-state index in [1.165, 1.54) is 11.9 Å². The van der Waals surface area contributed by atoms with Gasteiger partial charge in [-0.25, -0.2) is 14.6 Å². The Morgan fingerprint density at radius 3 is 2.66 bits per heavy atom. The Hall–Kier alpha value is -3.26. The molecule has 1 N–H and O–H groups in total. The molecular formula is C20H20ClN7O. The molecule has 1 amide bonds. The number of rotatable bonds is 4. The van der Waals surface area contributed by atoms with Crippen LogP contribution < -0.4 is 5.32 Å². The first-order valence-corrected chi connectivity index (χ1v) is 9.57. The highest BCUT2D eigenvalue weighted by molar-refractivity contribution is 6.32. The lowest BCUT2D eigenvalue weighted by atomic mass is 10.1. The predicted octanol–water partition coefficient (Wildman–Crippen LogP) is 3.49. The van der Waals surface area contributed by atoms with Crippen molar-refractivity contribution >= 4 is 34.4 Å². The third-order valence-electron chi connectivity index (χ3n) is 4.57. The first kappa shape index (κ1) is 19.1. The number of hydrogen-bond donors (Lipinski definition) is 1. The lowest BCUT2D eigenvalue weighted by molar-refractivity contribution is -0.115. The molecule has 0 aliphatic heterocycles. The van der Waals surface area contributed by atoms with E-state index >= 15 is 0 Å². The van der Waals surface area contributed by atoms with Crippen LogP contribution in [0.1, 0.15) is 23.7 Å². The van der Waals surface area contributed by atoms with E-state index in [-0.39, 0.29) is 5.91 Å². The smallest absolute Gasteiger partial charge is 0.243 e. The molecule has 0 aliphatic carbocycles. The Morgan fingerprint density at radius 2 is 1.93 bits per heavy atom. The molecular weight excluding hydrogens is 390 g/mol. The highest BCUT2D eigenvalue weighted by Crippen LogP contribution is 2.25. The first-order valence-electron chi connectivity index (χ1n) is 9.13. The summed E-state index contributed by atoms with van der Waals surface area (Å²) in [5, 5.41) is 11.9. The van der Waals surface area contributed by atoms with Gasteiger partial charge in [-0.3, -0.25) is 4.79 Å². The summed E-state index contributed by atoms with van der Waals surface area (Å²) in [6.45, 7) is 7.54. The molecule has 0 bridgehead atoms. The summed E-state index contributed by atoms with van der Waals surface area (Å²) < 4.78 is 3.36. The summed E-state index contributed by atoms with van der Waals surface area (Å²) in [4.78, 5) is 20.9. The van der Waals surface area contributed by atoms with Crippen molar-refractivity contribution in [1.29, 1.82) is 0 Å². The van der Waals surface area contributed by atoms with Crippen molar-refractivity contribution in [2.45, 2.75) is 33.1 Å². The molecule has 1 atom stereocenters. The summed E-state index contributed by atoms with van der Waals surface area (Å²) in [6, 6.07) is 7.92. The maximum absolute atomic E-state index is 12.1. The molecule has 8 nitrogen and oxygen atoms in total. The van der Waals surface area contributed by atoms with Crippen molar-refractivity contribution in [2.24, 2.45) is 0 Å². The van der Waals surface area contributed by atoms with Gasteiger partial charge in [-0.05, 0) is 39.3 Å². The quantitative estimate of drug-likeness (QED) is 0.521. The zero-order valence-electron chi connectivity index (χ0n) is 16.5. The summed E-state index contributed by atoms with van der Waals surface area (Å²) >= 11 is 5.89. The molecule has 4 rings (SSSR count). The van der Waals surface area contributed by atoms with Crippen LogP contribution in [0.5, 0.6) is 0 Å². The number of hydrogen-bond acceptors (Lipinski definition) is 5. The number of benzene rings is 1. The molecule has 148 valence electrons. The van der Waals surface area contributed by atoms with Crippen molar-refractivity contribution in [2.75, 3.05) is 5.32 Å². The van der Waals surface area contributed by atoms with Crippen LogP contribution in [0.15, 0.2) is 36.8 Å². The van der Waals surface area contributed by atoms with Gasteiger partial charge in [0.25, 0.3) is 0 Å². The van der Waals surface area contributed by atoms with E-state index in [9.17, 15) is 4.79 Å². The minimum atomic E-state index is -0.670. The van der Waals surface area contributed by atoms with Gasteiger partial charge in [0.1, 0.15) is 17.5 Å². The van der Waals surface area contributed by atoms with Crippen LogP contribution in [0, 0.1) is 20.8 Å². The van der Waals surface area contributed by atoms with Crippen molar-refractivity contribution < 1.29 is 4.79 Å². The van der Waals surface area contributed by atoms with Crippen molar-refractivity contribution in [3.8, 4) is 11.5 Å². The van der Waals surface area contributed by atoms with Gasteiger partial charge in [0, 0.05) is 6.07 Å². The number of carbonyl (C=O) groups excluding carboxylic acids is 1. The monoisotopic (exact) mass is 409 g/mol. The number of nitrogens with zero attached hydrogens (tertiary/aromatic N) is 6. The number of aryl methyl sites for hydroxylation is 3. The van der Waals surface area contributed by atoms with Gasteiger partial charge in [0.2, 0.25) is 5.91 Å². The second-order valence-electron chi connectivity index (χ2n) is 6.97. The van der Waals surface area contributed by atoms with Crippen molar-refractivity contribution in [1.82, 2.24) is 29.5 Å². The molecule has 1 aromatic carbocycles. The number of fused-ring (bicyclic) bond motifs is 1. The first-order chi connectivity index (χ1) is 13.8. The molecule has 0 radical (unpaired) electrons. The SMILES string of the molecule is Cc1ccc(-n2ncc3c(-n4nc(C)cc4NC(=O)C(C)Cl)ncnc32)c(C)c1. The third-order valence-corrected chi connectivity index (χ3v) is 4.77. The Bertz CT molecular complexity index is 1230. The van der Waals surface area contributed by atoms with Gasteiger partial charge in [-0.1, -0.05) is 17.7 Å². The summed E-state index contributed by atoms with van der Waals surface area (Å²) in [6.07, 6.45) is 3.17. The Morgan fingerprint density at radius 1 is 1.14 bits per heavy atom. The van der Waals surface area contributed by atoms with Gasteiger partial charge >= 0.3 is 0 Å². The molecule has 4 aromatic rings. The van der Waals surface area contributed by atoms with Crippen LogP contribution in [0.3, 0.4) is 0 Å². The minimum absolute atomic E-state index is 0.316. The maximum Gasteiger partial charge on any atom is 0.243 e. The number of halogens is 1. The second kappa shape index (κ2) is 7.29. The van der Waals surface area contributed by atoms with E-state index in [0.29, 0.717) is 22.7 Å². The van der Waals surface area contributed by atoms with Gasteiger partial charge in [-0.15, -0.1) is 11.6 Å². The maximum atomic E-state index is 12.1. The zero-order chi connectivity index (χ0) is 20.7. The standard InChI is InChI=1S/C20H20ClN7O/c1-11-5-6-16(12(2)7-11)27-18-15(9-24-27)19(23-10-22-18)28-17(8-13(3)26-28)25-20(29)14(4)21/h5-10,14H,1-4H3,(H,25,29). The van der Waals surface area contributed by atoms with E-state index in [0.717, 1.165) is 16.9 Å². The lowest BCUT2D eigenvalue weighted by Gasteiger charge is -2.10. The number of anilines is 1. The molecule has 1 unspecified atom stereocenters. The van der Waals surface area contributed by atoms with Gasteiger partial charge in [0.15, 0.2) is 11.5 Å². The summed E-state index contributed by atoms with van der Waals surface area (Å²) in [7, 11) is 0. The van der Waals surface area contributed by atoms with Crippen LogP contribution in [0.25, 0.3) is 22.5 Å². The molecule has 3 heterocycles. The van der Waals surface area contributed by atoms with Crippen LogP contribution in [0.2, 0.25) is 0 Å². The molecule has 9 heteroatoms. The Balaban J connectivity index is 1.85. The highest BCUT2D eigenvalue weighted by Gasteiger charge is 2.19. The van der Waals surface area contributed by atoms with Crippen LogP contribution in [0.4, 0.5) is 5.82 Å². The van der Waals surface area contributed by atoms with Crippen LogP contribution >= 0.6 is 11.6 Å². The molecule has 0 saturated carbocycles. The molecule has 29 heavy (non-hydrogen) atoms. The fraction of sp³-hybridized carbons (Fsp3) is 0.250. The van der Waals surface area contributed by atoms with E-state index in [2.05, 4.69) is 38.5 Å². The average Bonchev–Trinajstić information content (AvgIpc) is 3.25. The third kappa shape index (κ3) is 3.47. The normalized spacial score (nSPS) is 12.3.